The molecular weight excluding hydrogens is 326 g/mol. The van der Waals surface area contributed by atoms with Gasteiger partial charge in [-0.25, -0.2) is 4.79 Å². The first kappa shape index (κ1) is 18.4. The fourth-order valence-corrected chi connectivity index (χ4v) is 3.60. The average Bonchev–Trinajstić information content (AvgIpc) is 3.16. The van der Waals surface area contributed by atoms with Gasteiger partial charge in [-0.3, -0.25) is 9.69 Å². The summed E-state index contributed by atoms with van der Waals surface area (Å²) in [7, 11) is 0. The van der Waals surface area contributed by atoms with Gasteiger partial charge >= 0.3 is 5.97 Å². The molecule has 2 atom stereocenters. The minimum atomic E-state index is -1.02. The molecule has 3 rings (SSSR count). The van der Waals surface area contributed by atoms with E-state index < -0.39 is 17.2 Å². The Balaban J connectivity index is 2.04. The molecule has 0 saturated carbocycles. The molecule has 4 heteroatoms. The van der Waals surface area contributed by atoms with Crippen molar-refractivity contribution in [2.45, 2.75) is 52.8 Å². The fraction of sp³-hybridized carbons (Fsp3) is 0.455. The van der Waals surface area contributed by atoms with Gasteiger partial charge in [-0.15, -0.1) is 0 Å². The van der Waals surface area contributed by atoms with E-state index in [1.165, 1.54) is 0 Å². The number of cyclic esters (lactones) is 1. The zero-order valence-corrected chi connectivity index (χ0v) is 16.2. The van der Waals surface area contributed by atoms with E-state index in [1.807, 2.05) is 83.2 Å². The van der Waals surface area contributed by atoms with E-state index in [9.17, 15) is 9.59 Å². The molecule has 1 aromatic carbocycles. The summed E-state index contributed by atoms with van der Waals surface area (Å²) in [6.07, 6.45) is 7.64. The second-order valence-corrected chi connectivity index (χ2v) is 8.45. The molecule has 4 nitrogen and oxygen atoms in total. The summed E-state index contributed by atoms with van der Waals surface area (Å²) in [6.45, 7) is 9.49. The molecule has 0 radical (unpaired) electrons. The monoisotopic (exact) mass is 353 g/mol. The predicted octanol–water partition coefficient (Wildman–Crippen LogP) is 3.80. The summed E-state index contributed by atoms with van der Waals surface area (Å²) in [4.78, 5) is 28.0. The van der Waals surface area contributed by atoms with Gasteiger partial charge in [0.25, 0.3) is 0 Å². The van der Waals surface area contributed by atoms with Crippen LogP contribution in [0.3, 0.4) is 0 Å². The Morgan fingerprint density at radius 3 is 2.38 bits per heavy atom. The largest absolute Gasteiger partial charge is 0.439 e. The smallest absolute Gasteiger partial charge is 0.334 e. The highest BCUT2D eigenvalue weighted by molar-refractivity contribution is 5.93. The van der Waals surface area contributed by atoms with E-state index in [-0.39, 0.29) is 17.8 Å². The number of hydrogen-bond acceptors (Lipinski definition) is 3. The predicted molar refractivity (Wildman–Crippen MR) is 101 cm³/mol. The van der Waals surface area contributed by atoms with Crippen LogP contribution in [0.1, 0.15) is 38.8 Å². The summed E-state index contributed by atoms with van der Waals surface area (Å²) in [5.41, 5.74) is 0.530. The topological polar surface area (TPSA) is 46.6 Å². The first-order valence-electron chi connectivity index (χ1n) is 9.09. The molecule has 0 N–H and O–H groups in total. The normalized spacial score (nSPS) is 25.8. The first-order chi connectivity index (χ1) is 12.1. The molecular formula is C22H27NO3. The lowest BCUT2D eigenvalue weighted by atomic mass is 9.85. The molecule has 2 aliphatic rings. The van der Waals surface area contributed by atoms with Crippen molar-refractivity contribution >= 4 is 11.9 Å². The standard InChI is InChI=1S/C22H27NO3/c1-15-10-6-7-13-17(15)14-22(5)20(25)26-18(16-11-8-9-12-16)23(22)19(24)21(2,3)4/h6-13,16,18H,14H2,1-5H3/t18-,22+/m0/s1. The Morgan fingerprint density at radius 2 is 1.81 bits per heavy atom. The van der Waals surface area contributed by atoms with Crippen LogP contribution in [0.5, 0.6) is 0 Å². The molecule has 1 aromatic rings. The van der Waals surface area contributed by atoms with Gasteiger partial charge in [-0.05, 0) is 25.0 Å². The van der Waals surface area contributed by atoms with Gasteiger partial charge in [-0.2, -0.15) is 0 Å². The van der Waals surface area contributed by atoms with E-state index in [0.717, 1.165) is 11.1 Å². The van der Waals surface area contributed by atoms with Gasteiger partial charge in [-0.1, -0.05) is 69.3 Å². The van der Waals surface area contributed by atoms with Crippen molar-refractivity contribution in [3.05, 3.63) is 59.7 Å². The number of rotatable bonds is 3. The molecule has 1 amide bonds. The van der Waals surface area contributed by atoms with Crippen molar-refractivity contribution in [1.29, 1.82) is 0 Å². The van der Waals surface area contributed by atoms with Gasteiger partial charge in [0, 0.05) is 11.8 Å². The summed E-state index contributed by atoms with van der Waals surface area (Å²) in [5.74, 6) is -0.515. The zero-order valence-electron chi connectivity index (χ0n) is 16.2. The van der Waals surface area contributed by atoms with E-state index in [0.29, 0.717) is 6.42 Å². The minimum Gasteiger partial charge on any atom is -0.439 e. The SMILES string of the molecule is Cc1ccccc1C[C@]1(C)C(=O)O[C@@H](C2C=CC=C2)N1C(=O)C(C)(C)C. The lowest BCUT2D eigenvalue weighted by molar-refractivity contribution is -0.150. The van der Waals surface area contributed by atoms with Gasteiger partial charge in [0.05, 0.1) is 5.92 Å². The maximum absolute atomic E-state index is 13.3. The Hall–Kier alpha value is -2.36. The van der Waals surface area contributed by atoms with Crippen LogP contribution in [0.4, 0.5) is 0 Å². The Bertz CT molecular complexity index is 775. The van der Waals surface area contributed by atoms with E-state index in [4.69, 9.17) is 4.74 Å². The van der Waals surface area contributed by atoms with E-state index in [1.54, 1.807) is 4.90 Å². The van der Waals surface area contributed by atoms with E-state index in [2.05, 4.69) is 0 Å². The Labute approximate surface area is 155 Å². The molecule has 0 spiro atoms. The van der Waals surface area contributed by atoms with Crippen molar-refractivity contribution in [2.24, 2.45) is 11.3 Å². The van der Waals surface area contributed by atoms with Crippen LogP contribution in [-0.4, -0.2) is 28.5 Å². The molecule has 138 valence electrons. The van der Waals surface area contributed by atoms with Crippen LogP contribution in [0.15, 0.2) is 48.6 Å². The maximum Gasteiger partial charge on any atom is 0.334 e. The number of allylic oxidation sites excluding steroid dienone is 2. The third-order valence-electron chi connectivity index (χ3n) is 5.22. The number of ether oxygens (including phenoxy) is 1. The second-order valence-electron chi connectivity index (χ2n) is 8.45. The second kappa shape index (κ2) is 6.42. The molecule has 1 fully saturated rings. The molecule has 1 heterocycles. The third-order valence-corrected chi connectivity index (χ3v) is 5.22. The quantitative estimate of drug-likeness (QED) is 0.777. The minimum absolute atomic E-state index is 0.0712. The zero-order chi connectivity index (χ0) is 19.1. The maximum atomic E-state index is 13.3. The molecule has 0 aromatic heterocycles. The molecule has 1 aliphatic carbocycles. The summed E-state index contributed by atoms with van der Waals surface area (Å²) in [5, 5.41) is 0. The molecule has 26 heavy (non-hydrogen) atoms. The summed E-state index contributed by atoms with van der Waals surface area (Å²) < 4.78 is 5.77. The molecule has 0 bridgehead atoms. The lowest BCUT2D eigenvalue weighted by Gasteiger charge is -2.39. The van der Waals surface area contributed by atoms with Crippen molar-refractivity contribution in [2.75, 3.05) is 0 Å². The van der Waals surface area contributed by atoms with Crippen molar-refractivity contribution in [3.8, 4) is 0 Å². The summed E-state index contributed by atoms with van der Waals surface area (Å²) in [6, 6.07) is 7.97. The van der Waals surface area contributed by atoms with Crippen molar-refractivity contribution in [1.82, 2.24) is 4.90 Å². The van der Waals surface area contributed by atoms with Gasteiger partial charge in [0.15, 0.2) is 6.23 Å². The van der Waals surface area contributed by atoms with Crippen LogP contribution < -0.4 is 0 Å². The number of nitrogens with zero attached hydrogens (tertiary/aromatic N) is 1. The van der Waals surface area contributed by atoms with Crippen molar-refractivity contribution < 1.29 is 14.3 Å². The molecule has 1 saturated heterocycles. The fourth-order valence-electron chi connectivity index (χ4n) is 3.60. The van der Waals surface area contributed by atoms with E-state index >= 15 is 0 Å². The number of carbonyl (C=O) groups excluding carboxylic acids is 2. The summed E-state index contributed by atoms with van der Waals surface area (Å²) >= 11 is 0. The Kier molecular flexibility index (Phi) is 4.55. The lowest BCUT2D eigenvalue weighted by Crippen LogP contribution is -2.57. The number of amides is 1. The van der Waals surface area contributed by atoms with Gasteiger partial charge in [0.2, 0.25) is 5.91 Å². The van der Waals surface area contributed by atoms with Crippen molar-refractivity contribution in [3.63, 3.8) is 0 Å². The van der Waals surface area contributed by atoms with Gasteiger partial charge < -0.3 is 4.74 Å². The number of carbonyl (C=O) groups is 2. The van der Waals surface area contributed by atoms with Crippen LogP contribution >= 0.6 is 0 Å². The Morgan fingerprint density at radius 1 is 1.19 bits per heavy atom. The number of hydrogen-bond donors (Lipinski definition) is 0. The highest BCUT2D eigenvalue weighted by Crippen LogP contribution is 2.40. The van der Waals surface area contributed by atoms with Crippen LogP contribution in [0.2, 0.25) is 0 Å². The van der Waals surface area contributed by atoms with Crippen LogP contribution in [0.25, 0.3) is 0 Å². The highest BCUT2D eigenvalue weighted by Gasteiger charge is 2.57. The third kappa shape index (κ3) is 3.09. The number of esters is 1. The van der Waals surface area contributed by atoms with Crippen LogP contribution in [0, 0.1) is 18.3 Å². The highest BCUT2D eigenvalue weighted by atomic mass is 16.6. The van der Waals surface area contributed by atoms with Crippen LogP contribution in [-0.2, 0) is 20.7 Å². The number of aryl methyl sites for hydroxylation is 1. The van der Waals surface area contributed by atoms with Gasteiger partial charge in [0.1, 0.15) is 5.54 Å². The first-order valence-corrected chi connectivity index (χ1v) is 9.09. The molecule has 1 aliphatic heterocycles. The molecule has 0 unspecified atom stereocenters. The number of benzene rings is 1. The average molecular weight is 353 g/mol.